The number of nitriles is 1. The third-order valence-electron chi connectivity index (χ3n) is 6.92. The maximum atomic E-state index is 12.8. The molecule has 1 aromatic carbocycles. The molecule has 0 spiro atoms. The van der Waals surface area contributed by atoms with Gasteiger partial charge in [0.15, 0.2) is 0 Å². The zero-order chi connectivity index (χ0) is 23.0. The van der Waals surface area contributed by atoms with E-state index in [0.717, 1.165) is 28.8 Å². The highest BCUT2D eigenvalue weighted by Gasteiger charge is 2.30. The van der Waals surface area contributed by atoms with Crippen molar-refractivity contribution in [1.82, 2.24) is 19.7 Å². The second-order valence-electron chi connectivity index (χ2n) is 9.44. The van der Waals surface area contributed by atoms with Crippen molar-refractivity contribution < 1.29 is 9.18 Å². The highest BCUT2D eigenvalue weighted by molar-refractivity contribution is 6.00. The molecule has 1 aliphatic heterocycles. The Morgan fingerprint density at radius 3 is 2.73 bits per heavy atom. The summed E-state index contributed by atoms with van der Waals surface area (Å²) in [5.41, 5.74) is 5.23. The molecule has 7 heteroatoms. The number of amides is 1. The monoisotopic (exact) mass is 443 g/mol. The van der Waals surface area contributed by atoms with Crippen molar-refractivity contribution >= 4 is 5.91 Å². The van der Waals surface area contributed by atoms with Crippen LogP contribution >= 0.6 is 0 Å². The number of fused-ring (bicyclic) bond motifs is 1. The molecular weight excluding hydrogens is 417 g/mol. The van der Waals surface area contributed by atoms with E-state index in [2.05, 4.69) is 23.1 Å². The Balaban J connectivity index is 1.51. The number of nitrogens with zero attached hydrogens (tertiary/aromatic N) is 5. The second kappa shape index (κ2) is 8.43. The molecule has 6 nitrogen and oxygen atoms in total. The first kappa shape index (κ1) is 21.3. The van der Waals surface area contributed by atoms with Crippen LogP contribution < -0.4 is 0 Å². The molecule has 168 valence electrons. The lowest BCUT2D eigenvalue weighted by Gasteiger charge is -2.22. The van der Waals surface area contributed by atoms with Gasteiger partial charge < -0.3 is 4.90 Å². The minimum Gasteiger partial charge on any atom is -0.332 e. The van der Waals surface area contributed by atoms with Gasteiger partial charge in [0.25, 0.3) is 5.91 Å². The molecular formula is C26H26FN5O. The molecule has 0 unspecified atom stereocenters. The fraction of sp³-hybridized carbons (Fsp3) is 0.385. The first-order valence-corrected chi connectivity index (χ1v) is 11.4. The maximum Gasteiger partial charge on any atom is 0.254 e. The molecule has 0 bridgehead atoms. The van der Waals surface area contributed by atoms with E-state index in [1.54, 1.807) is 6.07 Å². The Bertz CT molecular complexity index is 1250. The topological polar surface area (TPSA) is 74.8 Å². The summed E-state index contributed by atoms with van der Waals surface area (Å²) in [5, 5.41) is 14.0. The van der Waals surface area contributed by atoms with E-state index in [1.165, 1.54) is 30.6 Å². The van der Waals surface area contributed by atoms with Gasteiger partial charge in [0.1, 0.15) is 18.4 Å². The molecule has 0 N–H and O–H groups in total. The summed E-state index contributed by atoms with van der Waals surface area (Å²) in [6.07, 6.45) is 8.86. The Hall–Kier alpha value is -3.53. The number of alkyl halides is 1. The average molecular weight is 444 g/mol. The van der Waals surface area contributed by atoms with Gasteiger partial charge in [-0.3, -0.25) is 9.48 Å². The van der Waals surface area contributed by atoms with Crippen molar-refractivity contribution in [3.05, 3.63) is 59.5 Å². The maximum absolute atomic E-state index is 12.8. The molecule has 0 atom stereocenters. The van der Waals surface area contributed by atoms with E-state index >= 15 is 0 Å². The average Bonchev–Trinajstić information content (AvgIpc) is 3.54. The highest BCUT2D eigenvalue weighted by Crippen LogP contribution is 2.39. The van der Waals surface area contributed by atoms with Crippen LogP contribution in [0, 0.1) is 16.7 Å². The Kier molecular flexibility index (Phi) is 5.45. The standard InChI is InChI=1S/C26H26FN5O/c1-26(8-2-3-9-26)17-32-16-20(14-29-32)22-7-6-21(13-28)30-24(22)18-4-5-19-15-31(11-10-27)25(33)23(19)12-18/h4-7,12,14,16H,2-3,8-11,15,17H2,1H3. The van der Waals surface area contributed by atoms with Gasteiger partial charge in [0.2, 0.25) is 0 Å². The first-order chi connectivity index (χ1) is 16.0. The molecule has 1 aliphatic carbocycles. The summed E-state index contributed by atoms with van der Waals surface area (Å²) >= 11 is 0. The summed E-state index contributed by atoms with van der Waals surface area (Å²) < 4.78 is 14.8. The lowest BCUT2D eigenvalue weighted by atomic mass is 9.89. The van der Waals surface area contributed by atoms with Gasteiger partial charge in [-0.25, -0.2) is 9.37 Å². The molecule has 1 saturated carbocycles. The van der Waals surface area contributed by atoms with Crippen LogP contribution in [-0.4, -0.2) is 38.8 Å². The predicted octanol–water partition coefficient (Wildman–Crippen LogP) is 4.99. The number of halogens is 1. The van der Waals surface area contributed by atoms with Crippen LogP contribution in [0.5, 0.6) is 0 Å². The summed E-state index contributed by atoms with van der Waals surface area (Å²) in [7, 11) is 0. The number of carbonyl (C=O) groups is 1. The Morgan fingerprint density at radius 1 is 1.15 bits per heavy atom. The third-order valence-corrected chi connectivity index (χ3v) is 6.92. The predicted molar refractivity (Wildman–Crippen MR) is 123 cm³/mol. The van der Waals surface area contributed by atoms with Gasteiger partial charge in [-0.15, -0.1) is 0 Å². The van der Waals surface area contributed by atoms with Crippen LogP contribution in [0.15, 0.2) is 42.7 Å². The zero-order valence-electron chi connectivity index (χ0n) is 18.7. The van der Waals surface area contributed by atoms with Gasteiger partial charge in [-0.1, -0.05) is 31.9 Å². The van der Waals surface area contributed by atoms with Crippen LogP contribution in [0.25, 0.3) is 22.4 Å². The number of hydrogen-bond donors (Lipinski definition) is 0. The minimum absolute atomic E-state index is 0.0916. The van der Waals surface area contributed by atoms with E-state index < -0.39 is 6.67 Å². The summed E-state index contributed by atoms with van der Waals surface area (Å²) in [4.78, 5) is 18.8. The van der Waals surface area contributed by atoms with Crippen molar-refractivity contribution in [2.24, 2.45) is 5.41 Å². The van der Waals surface area contributed by atoms with Gasteiger partial charge in [0, 0.05) is 48.1 Å². The largest absolute Gasteiger partial charge is 0.332 e. The number of benzene rings is 1. The van der Waals surface area contributed by atoms with E-state index in [1.807, 2.05) is 41.3 Å². The number of rotatable bonds is 6. The Morgan fingerprint density at radius 2 is 1.97 bits per heavy atom. The number of aromatic nitrogens is 3. The van der Waals surface area contributed by atoms with E-state index in [9.17, 15) is 14.4 Å². The zero-order valence-corrected chi connectivity index (χ0v) is 18.7. The minimum atomic E-state index is -0.564. The van der Waals surface area contributed by atoms with Crippen molar-refractivity contribution in [3.63, 3.8) is 0 Å². The lowest BCUT2D eigenvalue weighted by Crippen LogP contribution is -2.25. The molecule has 5 rings (SSSR count). The summed E-state index contributed by atoms with van der Waals surface area (Å²) in [6, 6.07) is 11.3. The molecule has 0 saturated heterocycles. The first-order valence-electron chi connectivity index (χ1n) is 11.4. The molecule has 2 aliphatic rings. The molecule has 1 amide bonds. The van der Waals surface area contributed by atoms with Crippen molar-refractivity contribution in [2.75, 3.05) is 13.2 Å². The van der Waals surface area contributed by atoms with Crippen LogP contribution in [0.2, 0.25) is 0 Å². The molecule has 2 aromatic heterocycles. The van der Waals surface area contributed by atoms with Crippen molar-refractivity contribution in [2.45, 2.75) is 45.7 Å². The van der Waals surface area contributed by atoms with Crippen LogP contribution in [0.4, 0.5) is 4.39 Å². The van der Waals surface area contributed by atoms with Crippen LogP contribution in [0.3, 0.4) is 0 Å². The van der Waals surface area contributed by atoms with E-state index in [0.29, 0.717) is 23.5 Å². The summed E-state index contributed by atoms with van der Waals surface area (Å²) in [6.45, 7) is 3.15. The van der Waals surface area contributed by atoms with E-state index in [-0.39, 0.29) is 17.9 Å². The van der Waals surface area contributed by atoms with Gasteiger partial charge in [-0.05, 0) is 42.0 Å². The SMILES string of the molecule is CC1(Cn2cc(-c3ccc(C#N)nc3-c3ccc4c(c3)C(=O)N(CCF)C4)cn2)CCCC1. The Labute approximate surface area is 192 Å². The number of pyridine rings is 1. The number of carbonyl (C=O) groups excluding carboxylic acids is 1. The van der Waals surface area contributed by atoms with Crippen LogP contribution in [0.1, 0.15) is 54.2 Å². The third kappa shape index (κ3) is 4.02. The van der Waals surface area contributed by atoms with Crippen LogP contribution in [-0.2, 0) is 13.1 Å². The van der Waals surface area contributed by atoms with Crippen molar-refractivity contribution in [1.29, 1.82) is 5.26 Å². The number of hydrogen-bond acceptors (Lipinski definition) is 4. The highest BCUT2D eigenvalue weighted by atomic mass is 19.1. The normalized spacial score (nSPS) is 16.8. The summed E-state index contributed by atoms with van der Waals surface area (Å²) in [5.74, 6) is -0.167. The smallest absolute Gasteiger partial charge is 0.254 e. The molecule has 0 radical (unpaired) electrons. The van der Waals surface area contributed by atoms with Gasteiger partial charge >= 0.3 is 0 Å². The van der Waals surface area contributed by atoms with Gasteiger partial charge in [0.05, 0.1) is 11.9 Å². The quantitative estimate of drug-likeness (QED) is 0.538. The second-order valence-corrected chi connectivity index (χ2v) is 9.44. The molecule has 3 heterocycles. The van der Waals surface area contributed by atoms with Gasteiger partial charge in [-0.2, -0.15) is 10.4 Å². The van der Waals surface area contributed by atoms with Crippen molar-refractivity contribution in [3.8, 4) is 28.5 Å². The fourth-order valence-electron chi connectivity index (χ4n) is 5.13. The lowest BCUT2D eigenvalue weighted by molar-refractivity contribution is 0.0768. The molecule has 33 heavy (non-hydrogen) atoms. The molecule has 3 aromatic rings. The fourth-order valence-corrected chi connectivity index (χ4v) is 5.13. The molecule has 1 fully saturated rings. The van der Waals surface area contributed by atoms with E-state index in [4.69, 9.17) is 0 Å².